The maximum Gasteiger partial charge on any atom is 0.331 e. The average Bonchev–Trinajstić information content (AvgIpc) is 2.27. The molecule has 0 N–H and O–H groups in total. The van der Waals surface area contributed by atoms with Gasteiger partial charge in [-0.3, -0.25) is 4.90 Å². The van der Waals surface area contributed by atoms with E-state index >= 15 is 0 Å². The molecular weight excluding hydrogens is 190 g/mol. The van der Waals surface area contributed by atoms with Crippen molar-refractivity contribution in [1.82, 2.24) is 4.90 Å². The first-order valence-electron chi connectivity index (χ1n) is 5.76. The van der Waals surface area contributed by atoms with Crippen molar-refractivity contribution in [2.24, 2.45) is 0 Å². The zero-order valence-electron chi connectivity index (χ0n) is 10.00. The Morgan fingerprint density at radius 2 is 1.80 bits per heavy atom. The molecule has 0 heterocycles. The minimum absolute atomic E-state index is 0.340. The fraction of sp³-hybridized carbons (Fsp3) is 0.750. The van der Waals surface area contributed by atoms with Crippen LogP contribution in [-0.4, -0.2) is 30.7 Å². The number of hydrogen-bond donors (Lipinski definition) is 0. The van der Waals surface area contributed by atoms with Gasteiger partial charge in [0.2, 0.25) is 0 Å². The number of carbonyl (C=O) groups is 1. The molecule has 0 atom stereocenters. The fourth-order valence-electron chi connectivity index (χ4n) is 1.22. The summed E-state index contributed by atoms with van der Waals surface area (Å²) in [6, 6.07) is 0. The van der Waals surface area contributed by atoms with Crippen LogP contribution in [0.3, 0.4) is 0 Å². The molecule has 0 aliphatic heterocycles. The van der Waals surface area contributed by atoms with Crippen molar-refractivity contribution in [2.75, 3.05) is 19.8 Å². The van der Waals surface area contributed by atoms with E-state index in [1.54, 1.807) is 0 Å². The van der Waals surface area contributed by atoms with E-state index in [9.17, 15) is 4.79 Å². The molecule has 0 saturated heterocycles. The van der Waals surface area contributed by atoms with Crippen LogP contribution in [0.4, 0.5) is 0 Å². The molecule has 0 aromatic heterocycles. The summed E-state index contributed by atoms with van der Waals surface area (Å²) in [4.78, 5) is 13.1. The first kappa shape index (κ1) is 14.2. The van der Waals surface area contributed by atoms with Gasteiger partial charge in [-0.05, 0) is 12.8 Å². The Bertz CT molecular complexity index is 172. The number of hydrogen-bond acceptors (Lipinski definition) is 3. The van der Waals surface area contributed by atoms with Crippen LogP contribution in [0.1, 0.15) is 39.5 Å². The summed E-state index contributed by atoms with van der Waals surface area (Å²) >= 11 is 0. The lowest BCUT2D eigenvalue weighted by molar-refractivity contribution is -0.142. The second kappa shape index (κ2) is 9.71. The molecule has 0 aliphatic rings. The molecule has 0 aromatic rings. The van der Waals surface area contributed by atoms with Crippen LogP contribution in [0.15, 0.2) is 12.7 Å². The predicted octanol–water partition coefficient (Wildman–Crippen LogP) is 2.58. The molecule has 0 rings (SSSR count). The first-order chi connectivity index (χ1) is 7.24. The summed E-state index contributed by atoms with van der Waals surface area (Å²) in [5.74, 6) is -0.340. The van der Waals surface area contributed by atoms with Crippen LogP contribution in [0.2, 0.25) is 0 Å². The average molecular weight is 213 g/mol. The number of esters is 1. The fourth-order valence-corrected chi connectivity index (χ4v) is 1.22. The van der Waals surface area contributed by atoms with Crippen LogP contribution < -0.4 is 0 Å². The number of ether oxygens (including phenoxy) is 1. The summed E-state index contributed by atoms with van der Waals surface area (Å²) in [6.45, 7) is 10.1. The van der Waals surface area contributed by atoms with Crippen LogP contribution in [0.5, 0.6) is 0 Å². The van der Waals surface area contributed by atoms with Gasteiger partial charge in [0.1, 0.15) is 6.73 Å². The Morgan fingerprint density at radius 1 is 1.27 bits per heavy atom. The third-order valence-corrected chi connectivity index (χ3v) is 2.21. The number of nitrogens with zero attached hydrogens (tertiary/aromatic N) is 1. The summed E-state index contributed by atoms with van der Waals surface area (Å²) < 4.78 is 5.02. The molecule has 0 unspecified atom stereocenters. The molecule has 0 fully saturated rings. The second-order valence-corrected chi connectivity index (χ2v) is 3.62. The molecule has 88 valence electrons. The van der Waals surface area contributed by atoms with Gasteiger partial charge in [0.15, 0.2) is 0 Å². The first-order valence-corrected chi connectivity index (χ1v) is 5.76. The van der Waals surface area contributed by atoms with Gasteiger partial charge in [0, 0.05) is 19.2 Å². The zero-order valence-corrected chi connectivity index (χ0v) is 10.00. The second-order valence-electron chi connectivity index (χ2n) is 3.62. The molecule has 0 aliphatic carbocycles. The molecule has 0 spiro atoms. The minimum Gasteiger partial charge on any atom is -0.446 e. The monoisotopic (exact) mass is 213 g/mol. The van der Waals surface area contributed by atoms with Gasteiger partial charge < -0.3 is 4.74 Å². The molecule has 3 heteroatoms. The Balaban J connectivity index is 3.77. The van der Waals surface area contributed by atoms with Crippen LogP contribution in [0, 0.1) is 0 Å². The summed E-state index contributed by atoms with van der Waals surface area (Å²) in [5.41, 5.74) is 0. The molecule has 0 aromatic carbocycles. The van der Waals surface area contributed by atoms with Crippen LogP contribution in [0.25, 0.3) is 0 Å². The quantitative estimate of drug-likeness (QED) is 0.335. The van der Waals surface area contributed by atoms with E-state index in [0.29, 0.717) is 6.73 Å². The van der Waals surface area contributed by atoms with E-state index in [-0.39, 0.29) is 5.97 Å². The van der Waals surface area contributed by atoms with Crippen molar-refractivity contribution in [3.8, 4) is 0 Å². The largest absolute Gasteiger partial charge is 0.446 e. The van der Waals surface area contributed by atoms with Crippen LogP contribution in [-0.2, 0) is 9.53 Å². The van der Waals surface area contributed by atoms with Gasteiger partial charge in [-0.1, -0.05) is 33.3 Å². The standard InChI is InChI=1S/C12H23NO2/c1-4-7-9-13(10-8-5-2)11-15-12(14)6-3/h6H,3-5,7-11H2,1-2H3. The van der Waals surface area contributed by atoms with Gasteiger partial charge in [-0.25, -0.2) is 4.79 Å². The Hall–Kier alpha value is -0.830. The molecule has 0 amide bonds. The lowest BCUT2D eigenvalue weighted by Gasteiger charge is -2.20. The third-order valence-electron chi connectivity index (χ3n) is 2.21. The van der Waals surface area contributed by atoms with Gasteiger partial charge in [0.05, 0.1) is 0 Å². The molecule has 0 radical (unpaired) electrons. The molecular formula is C12H23NO2. The van der Waals surface area contributed by atoms with Crippen LogP contribution >= 0.6 is 0 Å². The smallest absolute Gasteiger partial charge is 0.331 e. The SMILES string of the molecule is C=CC(=O)OCN(CCCC)CCCC. The number of carbonyl (C=O) groups excluding carboxylic acids is 1. The van der Waals surface area contributed by atoms with Crippen molar-refractivity contribution >= 4 is 5.97 Å². The maximum atomic E-state index is 10.9. The van der Waals surface area contributed by atoms with E-state index < -0.39 is 0 Å². The summed E-state index contributed by atoms with van der Waals surface area (Å²) in [6.07, 6.45) is 5.83. The number of rotatable bonds is 9. The highest BCUT2D eigenvalue weighted by Crippen LogP contribution is 1.99. The lowest BCUT2D eigenvalue weighted by Crippen LogP contribution is -2.29. The summed E-state index contributed by atoms with van der Waals surface area (Å²) in [5, 5.41) is 0. The molecule has 15 heavy (non-hydrogen) atoms. The highest BCUT2D eigenvalue weighted by molar-refractivity contribution is 5.81. The predicted molar refractivity (Wildman–Crippen MR) is 62.5 cm³/mol. The zero-order chi connectivity index (χ0) is 11.5. The van der Waals surface area contributed by atoms with Gasteiger partial charge in [-0.2, -0.15) is 0 Å². The van der Waals surface area contributed by atoms with Crippen molar-refractivity contribution in [1.29, 1.82) is 0 Å². The normalized spacial score (nSPS) is 10.3. The van der Waals surface area contributed by atoms with E-state index in [2.05, 4.69) is 25.3 Å². The van der Waals surface area contributed by atoms with Gasteiger partial charge in [-0.15, -0.1) is 0 Å². The number of unbranched alkanes of at least 4 members (excludes halogenated alkanes) is 2. The van der Waals surface area contributed by atoms with Gasteiger partial charge in [0.25, 0.3) is 0 Å². The van der Waals surface area contributed by atoms with Crippen molar-refractivity contribution in [3.63, 3.8) is 0 Å². The van der Waals surface area contributed by atoms with E-state index in [4.69, 9.17) is 4.74 Å². The third kappa shape index (κ3) is 8.18. The van der Waals surface area contributed by atoms with E-state index in [1.807, 2.05) is 0 Å². The van der Waals surface area contributed by atoms with Crippen molar-refractivity contribution in [3.05, 3.63) is 12.7 Å². The Morgan fingerprint density at radius 3 is 2.20 bits per heavy atom. The molecule has 0 bridgehead atoms. The lowest BCUT2D eigenvalue weighted by atomic mass is 10.3. The highest BCUT2D eigenvalue weighted by Gasteiger charge is 2.05. The minimum atomic E-state index is -0.340. The van der Waals surface area contributed by atoms with E-state index in [0.717, 1.165) is 38.8 Å². The summed E-state index contributed by atoms with van der Waals surface area (Å²) in [7, 11) is 0. The maximum absolute atomic E-state index is 10.9. The van der Waals surface area contributed by atoms with Crippen molar-refractivity contribution in [2.45, 2.75) is 39.5 Å². The Kier molecular flexibility index (Phi) is 9.18. The van der Waals surface area contributed by atoms with Gasteiger partial charge >= 0.3 is 5.97 Å². The Labute approximate surface area is 93.1 Å². The topological polar surface area (TPSA) is 29.5 Å². The highest BCUT2D eigenvalue weighted by atomic mass is 16.5. The van der Waals surface area contributed by atoms with E-state index in [1.165, 1.54) is 6.08 Å². The molecule has 3 nitrogen and oxygen atoms in total. The molecule has 0 saturated carbocycles. The van der Waals surface area contributed by atoms with Crippen molar-refractivity contribution < 1.29 is 9.53 Å².